The number of fused-ring (bicyclic) bond motifs is 1. The van der Waals surface area contributed by atoms with Crippen LogP contribution in [0, 0.1) is 11.6 Å². The first kappa shape index (κ1) is 28.5. The number of hydrogen-bond acceptors (Lipinski definition) is 7. The zero-order chi connectivity index (χ0) is 26.5. The van der Waals surface area contributed by atoms with E-state index in [1.54, 1.807) is 32.0 Å². The third kappa shape index (κ3) is 7.46. The summed E-state index contributed by atoms with van der Waals surface area (Å²) < 4.78 is 55.1. The first-order chi connectivity index (χ1) is 17.0. The Morgan fingerprint density at radius 2 is 1.94 bits per heavy atom. The molecule has 3 aromatic rings. The molecule has 14 heteroatoms. The van der Waals surface area contributed by atoms with Crippen molar-refractivity contribution < 1.29 is 60.5 Å². The predicted octanol–water partition coefficient (Wildman–Crippen LogP) is 3.34. The summed E-state index contributed by atoms with van der Waals surface area (Å²) in [5.74, 6) is -3.02. The van der Waals surface area contributed by atoms with Gasteiger partial charge in [0.1, 0.15) is 0 Å². The van der Waals surface area contributed by atoms with E-state index in [0.29, 0.717) is 15.1 Å². The van der Waals surface area contributed by atoms with Crippen molar-refractivity contribution in [1.82, 2.24) is 5.32 Å². The first-order valence-corrected chi connectivity index (χ1v) is 14.8. The van der Waals surface area contributed by atoms with Gasteiger partial charge in [-0.2, -0.15) is 0 Å². The number of hydrogen-bond donors (Lipinski definition) is 2. The van der Waals surface area contributed by atoms with E-state index in [4.69, 9.17) is 22.3 Å². The Morgan fingerprint density at radius 1 is 1.19 bits per heavy atom. The van der Waals surface area contributed by atoms with Crippen molar-refractivity contribution in [1.29, 1.82) is 0 Å². The summed E-state index contributed by atoms with van der Waals surface area (Å²) in [7, 11) is -4.76. The van der Waals surface area contributed by atoms with E-state index in [-0.39, 0.29) is 11.1 Å². The summed E-state index contributed by atoms with van der Waals surface area (Å²) in [6.45, 7) is 3.19. The fraction of sp³-hybridized carbons (Fsp3) is 0.182. The third-order valence-electron chi connectivity index (χ3n) is 4.43. The molecule has 0 aliphatic rings. The molecular formula is C22H19ClF2INO7PS-. The summed E-state index contributed by atoms with van der Waals surface area (Å²) >= 11 is 5.25. The summed E-state index contributed by atoms with van der Waals surface area (Å²) in [5.41, 5.74) is -1.30. The average molecular weight is 673 g/mol. The van der Waals surface area contributed by atoms with Gasteiger partial charge in [-0.15, -0.1) is 0 Å². The summed E-state index contributed by atoms with van der Waals surface area (Å²) in [6, 6.07) is 8.01. The van der Waals surface area contributed by atoms with Gasteiger partial charge >= 0.3 is 226 Å². The van der Waals surface area contributed by atoms with Crippen LogP contribution in [-0.2, 0) is 20.0 Å². The van der Waals surface area contributed by atoms with E-state index in [1.165, 1.54) is 28.9 Å². The van der Waals surface area contributed by atoms with Crippen LogP contribution in [0.4, 0.5) is 13.6 Å². The monoisotopic (exact) mass is 672 g/mol. The fourth-order valence-corrected chi connectivity index (χ4v) is 7.17. The molecule has 8 nitrogen and oxygen atoms in total. The van der Waals surface area contributed by atoms with Crippen molar-refractivity contribution in [3.63, 3.8) is 0 Å². The van der Waals surface area contributed by atoms with Gasteiger partial charge in [0, 0.05) is 0 Å². The van der Waals surface area contributed by atoms with Crippen molar-refractivity contribution in [2.75, 3.05) is 0 Å². The van der Waals surface area contributed by atoms with E-state index < -0.39 is 65.1 Å². The molecule has 0 spiro atoms. The van der Waals surface area contributed by atoms with Gasteiger partial charge in [0.25, 0.3) is 0 Å². The average Bonchev–Trinajstić information content (AvgIpc) is 3.18. The van der Waals surface area contributed by atoms with Gasteiger partial charge in [-0.25, -0.2) is 0 Å². The van der Waals surface area contributed by atoms with Gasteiger partial charge in [-0.3, -0.25) is 0 Å². The summed E-state index contributed by atoms with van der Waals surface area (Å²) in [5, 5.41) is 4.71. The molecule has 0 aliphatic heterocycles. The molecule has 0 aliphatic carbocycles. The van der Waals surface area contributed by atoms with Crippen molar-refractivity contribution in [3.8, 4) is 0 Å². The van der Waals surface area contributed by atoms with E-state index in [2.05, 4.69) is 5.32 Å². The Morgan fingerprint density at radius 3 is 2.64 bits per heavy atom. The van der Waals surface area contributed by atoms with Crippen molar-refractivity contribution in [2.45, 2.75) is 25.6 Å². The zero-order valence-corrected chi connectivity index (χ0v) is 23.2. The molecule has 1 amide bonds. The Balaban J connectivity index is 1.86. The molecular weight excluding hydrogens is 654 g/mol. The molecule has 0 saturated heterocycles. The van der Waals surface area contributed by atoms with Crippen LogP contribution < -0.4 is 27.4 Å². The molecule has 2 aromatic carbocycles. The topological polar surface area (TPSA) is 111 Å². The number of carbonyl (C=O) groups excluding carboxylic acids is 2. The van der Waals surface area contributed by atoms with Crippen LogP contribution in [0.15, 0.2) is 48.0 Å². The quantitative estimate of drug-likeness (QED) is 0.204. The number of benzene rings is 2. The molecule has 0 radical (unpaired) electrons. The van der Waals surface area contributed by atoms with E-state index in [0.717, 1.165) is 18.3 Å². The number of thiophene rings is 1. The maximum atomic E-state index is 13.4. The number of ether oxygens (including phenoxy) is 1. The van der Waals surface area contributed by atoms with Crippen LogP contribution in [0.25, 0.3) is 16.2 Å². The second-order valence-corrected chi connectivity index (χ2v) is 12.6. The third-order valence-corrected chi connectivity index (χ3v) is 9.78. The number of carbonyl (C=O) groups is 2. The molecule has 2 N–H and O–H groups in total. The van der Waals surface area contributed by atoms with Crippen LogP contribution in [0.2, 0.25) is 5.02 Å². The maximum absolute atomic E-state index is 13.4. The van der Waals surface area contributed by atoms with Crippen molar-refractivity contribution in [2.24, 2.45) is 0 Å². The first-order valence-electron chi connectivity index (χ1n) is 10.1. The van der Waals surface area contributed by atoms with E-state index in [9.17, 15) is 27.8 Å². The molecule has 1 aromatic heterocycles. The van der Waals surface area contributed by atoms with Crippen LogP contribution >= 0.6 is 30.5 Å². The second-order valence-electron chi connectivity index (χ2n) is 7.44. The van der Waals surface area contributed by atoms with Crippen molar-refractivity contribution in [3.05, 3.63) is 75.8 Å². The SMILES string of the molecule is CC(C)OC(=O)O[I-]OP(=O)(O)C(C(=O)N/C=C/c1ccc(F)c(F)c1)c1csc2ccc(Cl)cc12. The number of amides is 1. The van der Waals surface area contributed by atoms with E-state index in [1.807, 2.05) is 0 Å². The Labute approximate surface area is 225 Å². The van der Waals surface area contributed by atoms with E-state index >= 15 is 0 Å². The van der Waals surface area contributed by atoms with Gasteiger partial charge in [0.15, 0.2) is 0 Å². The summed E-state index contributed by atoms with van der Waals surface area (Å²) in [4.78, 5) is 35.4. The fourth-order valence-electron chi connectivity index (χ4n) is 2.94. The zero-order valence-electron chi connectivity index (χ0n) is 18.6. The molecule has 1 heterocycles. The Kier molecular flexibility index (Phi) is 9.84. The van der Waals surface area contributed by atoms with Gasteiger partial charge in [-0.05, 0) is 0 Å². The standard InChI is InChI=1S/C22H19ClF2INO7PS/c1-12(2)32-22(29)33-26-34-35(30,31)20(16-11-36-19-6-4-14(23)10-15(16)19)21(28)27-8-7-13-3-5-17(24)18(25)9-13/h3-12,20H,1-2H3,(H,27,28)(H,30,31)/q-1/b8-7+. The van der Waals surface area contributed by atoms with Gasteiger partial charge in [-0.1, -0.05) is 0 Å². The molecule has 0 bridgehead atoms. The molecule has 3 rings (SSSR count). The van der Waals surface area contributed by atoms with Gasteiger partial charge in [0.2, 0.25) is 0 Å². The Hall–Kier alpha value is -2.09. The molecule has 0 saturated carbocycles. The van der Waals surface area contributed by atoms with Gasteiger partial charge < -0.3 is 0 Å². The van der Waals surface area contributed by atoms with Crippen LogP contribution in [0.5, 0.6) is 0 Å². The minimum absolute atomic E-state index is 0.177. The molecule has 2 atom stereocenters. The predicted molar refractivity (Wildman–Crippen MR) is 127 cm³/mol. The molecule has 2 unspecified atom stereocenters. The van der Waals surface area contributed by atoms with Gasteiger partial charge in [0.05, 0.1) is 0 Å². The number of rotatable bonds is 9. The van der Waals surface area contributed by atoms with Crippen LogP contribution in [0.3, 0.4) is 0 Å². The molecule has 0 fully saturated rings. The van der Waals surface area contributed by atoms with Crippen molar-refractivity contribution >= 4 is 58.8 Å². The molecule has 36 heavy (non-hydrogen) atoms. The summed E-state index contributed by atoms with van der Waals surface area (Å²) in [6.07, 6.45) is 0.862. The second kappa shape index (κ2) is 12.4. The Bertz CT molecular complexity index is 1350. The van der Waals surface area contributed by atoms with Crippen LogP contribution in [0.1, 0.15) is 30.6 Å². The minimum atomic E-state index is -4.76. The number of halogens is 4. The molecule has 194 valence electrons. The van der Waals surface area contributed by atoms with Crippen LogP contribution in [-0.4, -0.2) is 23.1 Å². The number of nitrogens with one attached hydrogen (secondary N) is 1. The normalized spacial score (nSPS) is 14.2.